The Morgan fingerprint density at radius 1 is 1.45 bits per heavy atom. The molecule has 2 rings (SSSR count). The normalized spacial score (nSPS) is 22.1. The number of likely N-dealkylation sites (tertiary alicyclic amines) is 1. The molecule has 1 aromatic rings. The SMILES string of the molecule is CS(=O)(=O)NC1CCN(CC(O)c2ccc(F)cc2)C1. The number of benzene rings is 1. The van der Waals surface area contributed by atoms with Crippen LogP contribution >= 0.6 is 0 Å². The van der Waals surface area contributed by atoms with Crippen molar-refractivity contribution in [2.45, 2.75) is 18.6 Å². The van der Waals surface area contributed by atoms with Gasteiger partial charge in [-0.1, -0.05) is 12.1 Å². The maximum atomic E-state index is 12.8. The van der Waals surface area contributed by atoms with Crippen molar-refractivity contribution in [1.82, 2.24) is 9.62 Å². The molecule has 0 radical (unpaired) electrons. The Balaban J connectivity index is 1.87. The highest BCUT2D eigenvalue weighted by Crippen LogP contribution is 2.18. The largest absolute Gasteiger partial charge is 0.387 e. The second kappa shape index (κ2) is 6.17. The molecule has 0 bridgehead atoms. The standard InChI is InChI=1S/C13H19FN2O3S/c1-20(18,19)15-12-6-7-16(8-12)9-13(17)10-2-4-11(14)5-3-10/h2-5,12-13,15,17H,6-9H2,1H3. The van der Waals surface area contributed by atoms with Gasteiger partial charge in [-0.3, -0.25) is 4.90 Å². The first kappa shape index (κ1) is 15.4. The van der Waals surface area contributed by atoms with Gasteiger partial charge in [-0.25, -0.2) is 17.5 Å². The molecule has 1 aromatic carbocycles. The first-order valence-corrected chi connectivity index (χ1v) is 8.36. The first-order chi connectivity index (χ1) is 9.33. The summed E-state index contributed by atoms with van der Waals surface area (Å²) in [6.45, 7) is 1.71. The number of rotatable bonds is 5. The van der Waals surface area contributed by atoms with E-state index in [9.17, 15) is 17.9 Å². The number of nitrogens with zero attached hydrogens (tertiary/aromatic N) is 1. The molecule has 2 N–H and O–H groups in total. The summed E-state index contributed by atoms with van der Waals surface area (Å²) in [6.07, 6.45) is 1.17. The van der Waals surface area contributed by atoms with E-state index in [1.807, 2.05) is 4.90 Å². The minimum atomic E-state index is -3.20. The van der Waals surface area contributed by atoms with Crippen LogP contribution in [0.5, 0.6) is 0 Å². The minimum absolute atomic E-state index is 0.106. The van der Waals surface area contributed by atoms with Crippen molar-refractivity contribution in [1.29, 1.82) is 0 Å². The number of halogens is 1. The van der Waals surface area contributed by atoms with Gasteiger partial charge in [0.15, 0.2) is 0 Å². The summed E-state index contributed by atoms with van der Waals surface area (Å²) in [5.41, 5.74) is 0.658. The van der Waals surface area contributed by atoms with Gasteiger partial charge in [0.1, 0.15) is 5.82 Å². The predicted octanol–water partition coefficient (Wildman–Crippen LogP) is 0.483. The molecule has 2 unspecified atom stereocenters. The van der Waals surface area contributed by atoms with Crippen LogP contribution in [0.1, 0.15) is 18.1 Å². The van der Waals surface area contributed by atoms with Gasteiger partial charge in [0.05, 0.1) is 12.4 Å². The lowest BCUT2D eigenvalue weighted by Gasteiger charge is -2.20. The van der Waals surface area contributed by atoms with E-state index < -0.39 is 16.1 Å². The van der Waals surface area contributed by atoms with Crippen molar-refractivity contribution in [3.8, 4) is 0 Å². The third kappa shape index (κ3) is 4.52. The molecule has 1 fully saturated rings. The maximum Gasteiger partial charge on any atom is 0.208 e. The Labute approximate surface area is 118 Å². The van der Waals surface area contributed by atoms with Crippen LogP contribution in [0.4, 0.5) is 4.39 Å². The molecule has 0 aromatic heterocycles. The third-order valence-corrected chi connectivity index (χ3v) is 4.10. The van der Waals surface area contributed by atoms with Crippen molar-refractivity contribution in [2.75, 3.05) is 25.9 Å². The van der Waals surface area contributed by atoms with E-state index >= 15 is 0 Å². The van der Waals surface area contributed by atoms with Crippen molar-refractivity contribution in [3.05, 3.63) is 35.6 Å². The van der Waals surface area contributed by atoms with E-state index in [1.54, 1.807) is 12.1 Å². The van der Waals surface area contributed by atoms with Gasteiger partial charge in [0.2, 0.25) is 10.0 Å². The van der Waals surface area contributed by atoms with Gasteiger partial charge in [-0.2, -0.15) is 0 Å². The molecule has 1 aliphatic heterocycles. The van der Waals surface area contributed by atoms with Gasteiger partial charge in [0, 0.05) is 19.1 Å². The van der Waals surface area contributed by atoms with Crippen LogP contribution in [0.15, 0.2) is 24.3 Å². The fourth-order valence-electron chi connectivity index (χ4n) is 2.43. The number of aliphatic hydroxyl groups is 1. The number of hydrogen-bond donors (Lipinski definition) is 2. The average Bonchev–Trinajstić information content (AvgIpc) is 2.74. The Morgan fingerprint density at radius 2 is 2.10 bits per heavy atom. The Kier molecular flexibility index (Phi) is 4.74. The molecule has 20 heavy (non-hydrogen) atoms. The molecule has 5 nitrogen and oxygen atoms in total. The van der Waals surface area contributed by atoms with E-state index in [-0.39, 0.29) is 11.9 Å². The van der Waals surface area contributed by atoms with Crippen LogP contribution in [0.25, 0.3) is 0 Å². The Hall–Kier alpha value is -1.02. The zero-order valence-electron chi connectivity index (χ0n) is 11.3. The molecule has 0 saturated carbocycles. The zero-order valence-corrected chi connectivity index (χ0v) is 12.1. The summed E-state index contributed by atoms with van der Waals surface area (Å²) in [5, 5.41) is 10.1. The number of β-amino-alcohol motifs (C(OH)–C–C–N with tert-alkyl or cyclic N) is 1. The number of nitrogens with one attached hydrogen (secondary N) is 1. The highest BCUT2D eigenvalue weighted by Gasteiger charge is 2.26. The van der Waals surface area contributed by atoms with Crippen molar-refractivity contribution >= 4 is 10.0 Å². The first-order valence-electron chi connectivity index (χ1n) is 6.47. The Morgan fingerprint density at radius 3 is 2.70 bits per heavy atom. The van der Waals surface area contributed by atoms with Gasteiger partial charge >= 0.3 is 0 Å². The molecule has 0 amide bonds. The summed E-state index contributed by atoms with van der Waals surface area (Å²) >= 11 is 0. The Bertz CT molecular complexity index is 547. The fourth-order valence-corrected chi connectivity index (χ4v) is 3.23. The van der Waals surface area contributed by atoms with Crippen molar-refractivity contribution < 1.29 is 17.9 Å². The zero-order chi connectivity index (χ0) is 14.8. The molecule has 2 atom stereocenters. The summed E-state index contributed by atoms with van der Waals surface area (Å²) in [4.78, 5) is 2.00. The fraction of sp³-hybridized carbons (Fsp3) is 0.538. The van der Waals surface area contributed by atoms with Crippen LogP contribution in [-0.4, -0.2) is 50.4 Å². The smallest absolute Gasteiger partial charge is 0.208 e. The maximum absolute atomic E-state index is 12.8. The van der Waals surface area contributed by atoms with E-state index in [0.29, 0.717) is 18.7 Å². The van der Waals surface area contributed by atoms with Crippen LogP contribution in [0.2, 0.25) is 0 Å². The van der Waals surface area contributed by atoms with Crippen LogP contribution in [0.3, 0.4) is 0 Å². The lowest BCUT2D eigenvalue weighted by atomic mass is 10.1. The summed E-state index contributed by atoms with van der Waals surface area (Å²) in [6, 6.07) is 5.64. The van der Waals surface area contributed by atoms with E-state index in [1.165, 1.54) is 12.1 Å². The molecule has 1 aliphatic rings. The lowest BCUT2D eigenvalue weighted by Crippen LogP contribution is -2.37. The molecular formula is C13H19FN2O3S. The van der Waals surface area contributed by atoms with Crippen molar-refractivity contribution in [2.24, 2.45) is 0 Å². The summed E-state index contributed by atoms with van der Waals surface area (Å²) in [7, 11) is -3.20. The van der Waals surface area contributed by atoms with Gasteiger partial charge < -0.3 is 5.11 Å². The molecule has 1 heterocycles. The molecule has 112 valence electrons. The van der Waals surface area contributed by atoms with Gasteiger partial charge in [0.25, 0.3) is 0 Å². The quantitative estimate of drug-likeness (QED) is 0.830. The van der Waals surface area contributed by atoms with E-state index in [0.717, 1.165) is 19.2 Å². The molecule has 0 spiro atoms. The second-order valence-corrected chi connectivity index (χ2v) is 6.98. The van der Waals surface area contributed by atoms with Gasteiger partial charge in [-0.15, -0.1) is 0 Å². The number of aliphatic hydroxyl groups excluding tert-OH is 1. The lowest BCUT2D eigenvalue weighted by molar-refractivity contribution is 0.125. The van der Waals surface area contributed by atoms with E-state index in [4.69, 9.17) is 0 Å². The third-order valence-electron chi connectivity index (χ3n) is 3.34. The molecular weight excluding hydrogens is 283 g/mol. The minimum Gasteiger partial charge on any atom is -0.387 e. The van der Waals surface area contributed by atoms with Crippen LogP contribution in [0, 0.1) is 5.82 Å². The second-order valence-electron chi connectivity index (χ2n) is 5.20. The number of sulfonamides is 1. The van der Waals surface area contributed by atoms with Crippen LogP contribution < -0.4 is 4.72 Å². The topological polar surface area (TPSA) is 69.6 Å². The predicted molar refractivity (Wildman–Crippen MR) is 74.2 cm³/mol. The highest BCUT2D eigenvalue weighted by atomic mass is 32.2. The molecule has 0 aliphatic carbocycles. The molecule has 7 heteroatoms. The monoisotopic (exact) mass is 302 g/mol. The summed E-state index contributed by atoms with van der Waals surface area (Å²) < 4.78 is 37.7. The van der Waals surface area contributed by atoms with Gasteiger partial charge in [-0.05, 0) is 30.7 Å². The number of hydrogen-bond acceptors (Lipinski definition) is 4. The van der Waals surface area contributed by atoms with Crippen LogP contribution in [-0.2, 0) is 10.0 Å². The highest BCUT2D eigenvalue weighted by molar-refractivity contribution is 7.88. The van der Waals surface area contributed by atoms with E-state index in [2.05, 4.69) is 4.72 Å². The molecule has 1 saturated heterocycles. The average molecular weight is 302 g/mol. The summed E-state index contributed by atoms with van der Waals surface area (Å²) in [5.74, 6) is -0.334. The van der Waals surface area contributed by atoms with Crippen molar-refractivity contribution in [3.63, 3.8) is 0 Å².